The van der Waals surface area contributed by atoms with Crippen molar-refractivity contribution >= 4 is 23.6 Å². The maximum atomic E-state index is 12.2. The quantitative estimate of drug-likeness (QED) is 0.259. The fourth-order valence-corrected chi connectivity index (χ4v) is 2.55. The zero-order valence-corrected chi connectivity index (χ0v) is 14.9. The number of carbonyl (C=O) groups excluding carboxylic acids is 4. The van der Waals surface area contributed by atoms with Crippen LogP contribution in [0.3, 0.4) is 0 Å². The van der Waals surface area contributed by atoms with Gasteiger partial charge in [0.05, 0.1) is 17.7 Å². The molecule has 2 amide bonds. The van der Waals surface area contributed by atoms with E-state index in [1.807, 2.05) is 6.92 Å². The summed E-state index contributed by atoms with van der Waals surface area (Å²) >= 11 is 0. The van der Waals surface area contributed by atoms with Crippen LogP contribution < -0.4 is 0 Å². The molecule has 0 N–H and O–H groups in total. The van der Waals surface area contributed by atoms with E-state index in [4.69, 9.17) is 9.47 Å². The average Bonchev–Trinajstić information content (AvgIpc) is 2.86. The van der Waals surface area contributed by atoms with Crippen LogP contribution >= 0.6 is 0 Å². The normalized spacial score (nSPS) is 13.0. The minimum Gasteiger partial charge on any atom is -0.465 e. The first kappa shape index (κ1) is 19.8. The van der Waals surface area contributed by atoms with Crippen molar-refractivity contribution in [3.8, 4) is 0 Å². The molecule has 0 bridgehead atoms. The molecule has 0 fully saturated rings. The van der Waals surface area contributed by atoms with Crippen molar-refractivity contribution in [1.82, 2.24) is 4.90 Å². The summed E-state index contributed by atoms with van der Waals surface area (Å²) in [5.74, 6) is -1.52. The Labute approximate surface area is 152 Å². The number of esters is 1. The highest BCUT2D eigenvalue weighted by Crippen LogP contribution is 2.22. The third kappa shape index (κ3) is 5.23. The SMILES string of the molecule is CCCCOC(=O)CC(=O)COCCCN1C(=O)c2ccccc2C1=O. The number of Topliss-reactive ketones (excluding diaryl/α,β-unsaturated/α-hetero) is 1. The van der Waals surface area contributed by atoms with Gasteiger partial charge in [-0.2, -0.15) is 0 Å². The standard InChI is InChI=1S/C19H23NO6/c1-2-3-11-26-17(22)12-14(21)13-25-10-6-9-20-18(23)15-7-4-5-8-16(15)19(20)24/h4-5,7-8H,2-3,6,9-13H2,1H3. The van der Waals surface area contributed by atoms with E-state index in [2.05, 4.69) is 0 Å². The molecule has 0 saturated heterocycles. The highest BCUT2D eigenvalue weighted by molar-refractivity contribution is 6.21. The fraction of sp³-hybridized carbons (Fsp3) is 0.474. The second kappa shape index (κ2) is 9.82. The van der Waals surface area contributed by atoms with E-state index in [1.165, 1.54) is 4.90 Å². The third-order valence-corrected chi connectivity index (χ3v) is 3.91. The van der Waals surface area contributed by atoms with Crippen LogP contribution in [0, 0.1) is 0 Å². The third-order valence-electron chi connectivity index (χ3n) is 3.91. The molecule has 140 valence electrons. The lowest BCUT2D eigenvalue weighted by Gasteiger charge is -2.13. The van der Waals surface area contributed by atoms with Crippen LogP contribution in [-0.2, 0) is 19.1 Å². The zero-order chi connectivity index (χ0) is 18.9. The summed E-state index contributed by atoms with van der Waals surface area (Å²) in [4.78, 5) is 48.5. The van der Waals surface area contributed by atoms with Crippen molar-refractivity contribution in [2.75, 3.05) is 26.4 Å². The number of carbonyl (C=O) groups is 4. The minimum absolute atomic E-state index is 0.189. The number of hydrogen-bond acceptors (Lipinski definition) is 6. The first-order chi connectivity index (χ1) is 12.5. The van der Waals surface area contributed by atoms with E-state index >= 15 is 0 Å². The molecule has 1 aliphatic rings. The van der Waals surface area contributed by atoms with Gasteiger partial charge < -0.3 is 9.47 Å². The topological polar surface area (TPSA) is 90.0 Å². The Morgan fingerprint density at radius 2 is 1.65 bits per heavy atom. The van der Waals surface area contributed by atoms with Crippen LogP contribution in [0.4, 0.5) is 0 Å². The van der Waals surface area contributed by atoms with Gasteiger partial charge in [-0.15, -0.1) is 0 Å². The molecule has 1 aliphatic heterocycles. The van der Waals surface area contributed by atoms with E-state index < -0.39 is 5.97 Å². The molecule has 0 aromatic heterocycles. The van der Waals surface area contributed by atoms with Gasteiger partial charge in [0.2, 0.25) is 0 Å². The molecule has 1 aromatic rings. The largest absolute Gasteiger partial charge is 0.465 e. The number of unbranched alkanes of at least 4 members (excludes halogenated alkanes) is 1. The van der Waals surface area contributed by atoms with Gasteiger partial charge in [-0.25, -0.2) is 0 Å². The van der Waals surface area contributed by atoms with Gasteiger partial charge in [-0.1, -0.05) is 25.5 Å². The van der Waals surface area contributed by atoms with Crippen molar-refractivity contribution in [1.29, 1.82) is 0 Å². The van der Waals surface area contributed by atoms with E-state index in [1.54, 1.807) is 24.3 Å². The summed E-state index contributed by atoms with van der Waals surface area (Å²) in [7, 11) is 0. The monoisotopic (exact) mass is 361 g/mol. The van der Waals surface area contributed by atoms with E-state index in [0.717, 1.165) is 12.8 Å². The summed E-state index contributed by atoms with van der Waals surface area (Å²) in [5, 5.41) is 0. The van der Waals surface area contributed by atoms with Crippen LogP contribution in [0.5, 0.6) is 0 Å². The van der Waals surface area contributed by atoms with E-state index in [0.29, 0.717) is 24.2 Å². The molecule has 1 heterocycles. The minimum atomic E-state index is -0.543. The zero-order valence-electron chi connectivity index (χ0n) is 14.9. The van der Waals surface area contributed by atoms with Crippen molar-refractivity contribution < 1.29 is 28.7 Å². The molecule has 0 aliphatic carbocycles. The maximum Gasteiger partial charge on any atom is 0.313 e. The lowest BCUT2D eigenvalue weighted by molar-refractivity contribution is -0.147. The highest BCUT2D eigenvalue weighted by Gasteiger charge is 2.34. The predicted molar refractivity (Wildman–Crippen MR) is 92.7 cm³/mol. The number of fused-ring (bicyclic) bond motifs is 1. The summed E-state index contributed by atoms with van der Waals surface area (Å²) in [6, 6.07) is 6.69. The second-order valence-corrected chi connectivity index (χ2v) is 6.00. The van der Waals surface area contributed by atoms with Crippen LogP contribution in [0.2, 0.25) is 0 Å². The smallest absolute Gasteiger partial charge is 0.313 e. The summed E-state index contributed by atoms with van der Waals surface area (Å²) in [6.45, 7) is 2.55. The average molecular weight is 361 g/mol. The Bertz CT molecular complexity index is 649. The lowest BCUT2D eigenvalue weighted by Crippen LogP contribution is -2.31. The number of nitrogens with zero attached hydrogens (tertiary/aromatic N) is 1. The van der Waals surface area contributed by atoms with Gasteiger partial charge in [0.1, 0.15) is 13.0 Å². The summed E-state index contributed by atoms with van der Waals surface area (Å²) in [5.41, 5.74) is 0.824. The molecule has 0 atom stereocenters. The molecule has 0 spiro atoms. The number of ether oxygens (including phenoxy) is 2. The molecular weight excluding hydrogens is 338 g/mol. The molecule has 0 unspecified atom stereocenters. The van der Waals surface area contributed by atoms with Crippen molar-refractivity contribution in [2.24, 2.45) is 0 Å². The number of amides is 2. The summed E-state index contributed by atoms with van der Waals surface area (Å²) in [6.07, 6.45) is 1.80. The van der Waals surface area contributed by atoms with Gasteiger partial charge in [-0.3, -0.25) is 24.1 Å². The molecule has 1 aromatic carbocycles. The van der Waals surface area contributed by atoms with Gasteiger partial charge in [0.15, 0.2) is 5.78 Å². The number of imide groups is 1. The van der Waals surface area contributed by atoms with Crippen LogP contribution in [-0.4, -0.2) is 54.8 Å². The highest BCUT2D eigenvalue weighted by atomic mass is 16.5. The molecular formula is C19H23NO6. The van der Waals surface area contributed by atoms with Crippen LogP contribution in [0.1, 0.15) is 53.3 Å². The molecule has 26 heavy (non-hydrogen) atoms. The van der Waals surface area contributed by atoms with Gasteiger partial charge >= 0.3 is 5.97 Å². The molecule has 0 radical (unpaired) electrons. The number of ketones is 1. The van der Waals surface area contributed by atoms with Crippen LogP contribution in [0.25, 0.3) is 0 Å². The molecule has 0 saturated carbocycles. The van der Waals surface area contributed by atoms with Gasteiger partial charge in [-0.05, 0) is 25.0 Å². The van der Waals surface area contributed by atoms with E-state index in [-0.39, 0.29) is 43.8 Å². The Hall–Kier alpha value is -2.54. The Morgan fingerprint density at radius 1 is 1.00 bits per heavy atom. The lowest BCUT2D eigenvalue weighted by atomic mass is 10.1. The molecule has 7 heteroatoms. The number of rotatable bonds is 11. The van der Waals surface area contributed by atoms with Gasteiger partial charge in [0, 0.05) is 13.2 Å². The Kier molecular flexibility index (Phi) is 7.47. The van der Waals surface area contributed by atoms with Crippen LogP contribution in [0.15, 0.2) is 24.3 Å². The van der Waals surface area contributed by atoms with Gasteiger partial charge in [0.25, 0.3) is 11.8 Å². The second-order valence-electron chi connectivity index (χ2n) is 6.00. The fourth-order valence-electron chi connectivity index (χ4n) is 2.55. The number of benzene rings is 1. The number of hydrogen-bond donors (Lipinski definition) is 0. The van der Waals surface area contributed by atoms with E-state index in [9.17, 15) is 19.2 Å². The first-order valence-electron chi connectivity index (χ1n) is 8.75. The maximum absolute atomic E-state index is 12.2. The first-order valence-corrected chi connectivity index (χ1v) is 8.75. The van der Waals surface area contributed by atoms with Crippen molar-refractivity contribution in [3.63, 3.8) is 0 Å². The molecule has 7 nitrogen and oxygen atoms in total. The Morgan fingerprint density at radius 3 is 2.27 bits per heavy atom. The van der Waals surface area contributed by atoms with Crippen molar-refractivity contribution in [3.05, 3.63) is 35.4 Å². The predicted octanol–water partition coefficient (Wildman–Crippen LogP) is 1.99. The Balaban J connectivity index is 1.63. The molecule has 2 rings (SSSR count). The summed E-state index contributed by atoms with van der Waals surface area (Å²) < 4.78 is 10.1. The van der Waals surface area contributed by atoms with Crippen molar-refractivity contribution in [2.45, 2.75) is 32.6 Å².